The number of ether oxygens (including phenoxy) is 1. The van der Waals surface area contributed by atoms with E-state index in [-0.39, 0.29) is 5.75 Å². The molecule has 0 fully saturated rings. The lowest BCUT2D eigenvalue weighted by Crippen LogP contribution is -2.40. The fraction of sp³-hybridized carbons (Fsp3) is 0.421. The Morgan fingerprint density at radius 2 is 2.16 bits per heavy atom. The minimum absolute atomic E-state index is 0.255. The minimum atomic E-state index is 0.255. The molecule has 6 heteroatoms. The molecule has 2 N–H and O–H groups in total. The summed E-state index contributed by atoms with van der Waals surface area (Å²) < 4.78 is 5.11. The van der Waals surface area contributed by atoms with E-state index in [1.54, 1.807) is 24.5 Å². The molecule has 0 radical (unpaired) electrons. The second-order valence-electron chi connectivity index (χ2n) is 5.73. The Morgan fingerprint density at radius 1 is 1.32 bits per heavy atom. The maximum Gasteiger partial charge on any atom is 0.193 e. The lowest BCUT2D eigenvalue weighted by atomic mass is 10.1. The van der Waals surface area contributed by atoms with Gasteiger partial charge in [0, 0.05) is 37.6 Å². The molecule has 0 aliphatic heterocycles. The predicted octanol–water partition coefficient (Wildman–Crippen LogP) is 3.14. The van der Waals surface area contributed by atoms with E-state index in [0.29, 0.717) is 18.7 Å². The molecule has 0 amide bonds. The van der Waals surface area contributed by atoms with Crippen molar-refractivity contribution in [3.8, 4) is 11.5 Å². The van der Waals surface area contributed by atoms with Crippen LogP contribution >= 0.6 is 11.3 Å². The molecule has 5 nitrogen and oxygen atoms in total. The van der Waals surface area contributed by atoms with Crippen LogP contribution in [0, 0.1) is 0 Å². The highest BCUT2D eigenvalue weighted by atomic mass is 32.1. The van der Waals surface area contributed by atoms with Crippen LogP contribution in [0.15, 0.2) is 40.7 Å². The van der Waals surface area contributed by atoms with Crippen molar-refractivity contribution in [2.75, 3.05) is 33.8 Å². The van der Waals surface area contributed by atoms with Crippen molar-refractivity contribution < 1.29 is 9.84 Å². The third kappa shape index (κ3) is 5.98. The molecule has 0 atom stereocenters. The first-order valence-corrected chi connectivity index (χ1v) is 9.39. The molecule has 1 aromatic carbocycles. The Labute approximate surface area is 154 Å². The van der Waals surface area contributed by atoms with Crippen LogP contribution in [0.1, 0.15) is 17.4 Å². The maximum atomic E-state index is 10.0. The SMILES string of the molecule is CCNC(=NCCc1ccc(OC)cc1O)N(C)CCc1cccs1. The third-order valence-corrected chi connectivity index (χ3v) is 4.84. The van der Waals surface area contributed by atoms with Gasteiger partial charge in [0.25, 0.3) is 0 Å². The fourth-order valence-electron chi connectivity index (χ4n) is 2.47. The predicted molar refractivity (Wildman–Crippen MR) is 105 cm³/mol. The molecule has 0 saturated heterocycles. The standard InChI is InChI=1S/C19H27N3O2S/c1-4-20-19(22(2)12-10-17-6-5-13-25-17)21-11-9-15-7-8-16(24-3)14-18(15)23/h5-8,13-14,23H,4,9-12H2,1-3H3,(H,20,21). The number of methoxy groups -OCH3 is 1. The summed E-state index contributed by atoms with van der Waals surface area (Å²) in [6.45, 7) is 4.43. The molecule has 136 valence electrons. The summed E-state index contributed by atoms with van der Waals surface area (Å²) in [6.07, 6.45) is 1.70. The van der Waals surface area contributed by atoms with E-state index in [1.165, 1.54) is 4.88 Å². The Bertz CT molecular complexity index is 671. The van der Waals surface area contributed by atoms with Gasteiger partial charge in [0.05, 0.1) is 7.11 Å². The van der Waals surface area contributed by atoms with E-state index < -0.39 is 0 Å². The van der Waals surface area contributed by atoms with Crippen molar-refractivity contribution in [2.24, 2.45) is 4.99 Å². The summed E-state index contributed by atoms with van der Waals surface area (Å²) >= 11 is 1.78. The summed E-state index contributed by atoms with van der Waals surface area (Å²) in [6, 6.07) is 9.63. The number of guanidine groups is 1. The number of phenols is 1. The van der Waals surface area contributed by atoms with Crippen molar-refractivity contribution in [3.63, 3.8) is 0 Å². The molecule has 0 bridgehead atoms. The van der Waals surface area contributed by atoms with E-state index in [2.05, 4.69) is 46.7 Å². The topological polar surface area (TPSA) is 57.1 Å². The van der Waals surface area contributed by atoms with E-state index in [1.807, 2.05) is 12.1 Å². The zero-order chi connectivity index (χ0) is 18.1. The van der Waals surface area contributed by atoms with Gasteiger partial charge in [0.1, 0.15) is 11.5 Å². The van der Waals surface area contributed by atoms with Crippen LogP contribution in [-0.2, 0) is 12.8 Å². The number of benzene rings is 1. The first-order valence-electron chi connectivity index (χ1n) is 8.51. The number of hydrogen-bond donors (Lipinski definition) is 2. The highest BCUT2D eigenvalue weighted by Gasteiger charge is 2.07. The van der Waals surface area contributed by atoms with Crippen molar-refractivity contribution in [3.05, 3.63) is 46.2 Å². The Morgan fingerprint density at radius 3 is 2.80 bits per heavy atom. The number of aromatic hydroxyl groups is 1. The van der Waals surface area contributed by atoms with E-state index in [0.717, 1.165) is 31.0 Å². The summed E-state index contributed by atoms with van der Waals surface area (Å²) in [5.41, 5.74) is 0.877. The number of rotatable bonds is 8. The molecule has 0 saturated carbocycles. The lowest BCUT2D eigenvalue weighted by molar-refractivity contribution is 0.406. The lowest BCUT2D eigenvalue weighted by Gasteiger charge is -2.21. The van der Waals surface area contributed by atoms with Crippen LogP contribution in [0.5, 0.6) is 11.5 Å². The maximum absolute atomic E-state index is 10.0. The number of thiophene rings is 1. The van der Waals surface area contributed by atoms with Gasteiger partial charge in [0.2, 0.25) is 0 Å². The van der Waals surface area contributed by atoms with Crippen molar-refractivity contribution in [1.82, 2.24) is 10.2 Å². The van der Waals surface area contributed by atoms with Crippen LogP contribution in [0.3, 0.4) is 0 Å². The number of likely N-dealkylation sites (N-methyl/N-ethyl adjacent to an activating group) is 1. The number of hydrogen-bond acceptors (Lipinski definition) is 4. The van der Waals surface area contributed by atoms with Crippen molar-refractivity contribution in [1.29, 1.82) is 0 Å². The van der Waals surface area contributed by atoms with Crippen LogP contribution in [0.4, 0.5) is 0 Å². The molecule has 1 aromatic heterocycles. The largest absolute Gasteiger partial charge is 0.508 e. The number of phenolic OH excluding ortho intramolecular Hbond substituents is 1. The summed E-state index contributed by atoms with van der Waals surface area (Å²) in [7, 11) is 3.65. The molecule has 1 heterocycles. The van der Waals surface area contributed by atoms with Crippen LogP contribution in [-0.4, -0.2) is 49.8 Å². The first-order chi connectivity index (χ1) is 12.1. The molecule has 25 heavy (non-hydrogen) atoms. The number of nitrogens with one attached hydrogen (secondary N) is 1. The summed E-state index contributed by atoms with van der Waals surface area (Å²) in [5.74, 6) is 1.81. The van der Waals surface area contributed by atoms with E-state index in [9.17, 15) is 5.11 Å². The second-order valence-corrected chi connectivity index (χ2v) is 6.76. The van der Waals surface area contributed by atoms with Crippen molar-refractivity contribution in [2.45, 2.75) is 19.8 Å². The van der Waals surface area contributed by atoms with Gasteiger partial charge in [-0.3, -0.25) is 4.99 Å². The van der Waals surface area contributed by atoms with Gasteiger partial charge in [-0.15, -0.1) is 11.3 Å². The van der Waals surface area contributed by atoms with Crippen LogP contribution in [0.25, 0.3) is 0 Å². The Balaban J connectivity index is 1.91. The molecule has 0 unspecified atom stereocenters. The first kappa shape index (κ1) is 19.1. The van der Waals surface area contributed by atoms with Crippen LogP contribution < -0.4 is 10.1 Å². The van der Waals surface area contributed by atoms with E-state index >= 15 is 0 Å². The molecule has 0 aliphatic carbocycles. The zero-order valence-corrected chi connectivity index (χ0v) is 16.0. The molecule has 2 rings (SSSR count). The molecule has 2 aromatic rings. The van der Waals surface area contributed by atoms with Gasteiger partial charge < -0.3 is 20.1 Å². The third-order valence-electron chi connectivity index (χ3n) is 3.91. The minimum Gasteiger partial charge on any atom is -0.508 e. The van der Waals surface area contributed by atoms with E-state index in [4.69, 9.17) is 4.74 Å². The fourth-order valence-corrected chi connectivity index (χ4v) is 3.17. The molecular weight excluding hydrogens is 334 g/mol. The summed E-state index contributed by atoms with van der Waals surface area (Å²) in [5, 5.41) is 15.5. The average Bonchev–Trinajstić information content (AvgIpc) is 3.13. The molecule has 0 spiro atoms. The van der Waals surface area contributed by atoms with Gasteiger partial charge >= 0.3 is 0 Å². The van der Waals surface area contributed by atoms with Gasteiger partial charge in [-0.25, -0.2) is 0 Å². The Hall–Kier alpha value is -2.21. The Kier molecular flexibility index (Phi) is 7.60. The van der Waals surface area contributed by atoms with Crippen molar-refractivity contribution >= 4 is 17.3 Å². The monoisotopic (exact) mass is 361 g/mol. The summed E-state index contributed by atoms with van der Waals surface area (Å²) in [4.78, 5) is 8.22. The smallest absolute Gasteiger partial charge is 0.193 e. The quantitative estimate of drug-likeness (QED) is 0.560. The van der Waals surface area contributed by atoms with Crippen LogP contribution in [0.2, 0.25) is 0 Å². The van der Waals surface area contributed by atoms with Gasteiger partial charge in [-0.1, -0.05) is 12.1 Å². The molecular formula is C19H27N3O2S. The van der Waals surface area contributed by atoms with Gasteiger partial charge in [-0.2, -0.15) is 0 Å². The highest BCUT2D eigenvalue weighted by molar-refractivity contribution is 7.09. The average molecular weight is 362 g/mol. The highest BCUT2D eigenvalue weighted by Crippen LogP contribution is 2.23. The second kappa shape index (κ2) is 9.93. The molecule has 0 aliphatic rings. The van der Waals surface area contributed by atoms with Gasteiger partial charge in [0.15, 0.2) is 5.96 Å². The zero-order valence-electron chi connectivity index (χ0n) is 15.2. The van der Waals surface area contributed by atoms with Gasteiger partial charge in [-0.05, 0) is 42.8 Å². The normalized spacial score (nSPS) is 11.4. The number of nitrogens with zero attached hydrogens (tertiary/aromatic N) is 2. The number of aliphatic imine (C=N–C) groups is 1.